The highest BCUT2D eigenvalue weighted by molar-refractivity contribution is 7.89. The minimum absolute atomic E-state index is 0.0288. The molecule has 1 heterocycles. The van der Waals surface area contributed by atoms with Crippen LogP contribution >= 0.6 is 0 Å². The van der Waals surface area contributed by atoms with Gasteiger partial charge in [-0.3, -0.25) is 4.79 Å². The van der Waals surface area contributed by atoms with Crippen molar-refractivity contribution in [3.05, 3.63) is 89.5 Å². The summed E-state index contributed by atoms with van der Waals surface area (Å²) in [5, 5.41) is 0. The molecule has 0 aromatic heterocycles. The first kappa shape index (κ1) is 24.0. The fourth-order valence-electron chi connectivity index (χ4n) is 4.43. The van der Waals surface area contributed by atoms with E-state index in [4.69, 9.17) is 4.74 Å². The van der Waals surface area contributed by atoms with Gasteiger partial charge in [0.25, 0.3) is 0 Å². The first-order chi connectivity index (χ1) is 16.3. The number of sulfonamides is 1. The summed E-state index contributed by atoms with van der Waals surface area (Å²) in [6.07, 6.45) is 0.755. The van der Waals surface area contributed by atoms with E-state index in [-0.39, 0.29) is 29.9 Å². The molecule has 3 aromatic rings. The zero-order valence-corrected chi connectivity index (χ0v) is 20.6. The number of nitrogens with zero attached hydrogens (tertiary/aromatic N) is 2. The van der Waals surface area contributed by atoms with Crippen molar-refractivity contribution in [1.29, 1.82) is 0 Å². The molecule has 0 bridgehead atoms. The molecule has 3 aromatic carbocycles. The van der Waals surface area contributed by atoms with E-state index in [1.807, 2.05) is 75.4 Å². The number of amides is 1. The molecule has 0 spiro atoms. The Morgan fingerprint density at radius 3 is 2.47 bits per heavy atom. The maximum absolute atomic E-state index is 13.7. The van der Waals surface area contributed by atoms with Gasteiger partial charge in [0.1, 0.15) is 5.75 Å². The van der Waals surface area contributed by atoms with Crippen LogP contribution in [0.25, 0.3) is 0 Å². The van der Waals surface area contributed by atoms with Gasteiger partial charge in [0.15, 0.2) is 0 Å². The normalized spacial score (nSPS) is 15.4. The molecule has 1 unspecified atom stereocenters. The largest absolute Gasteiger partial charge is 0.494 e. The molecular weight excluding hydrogens is 448 g/mol. The number of hydrogen-bond donors (Lipinski definition) is 0. The van der Waals surface area contributed by atoms with Crippen LogP contribution < -0.4 is 9.64 Å². The highest BCUT2D eigenvalue weighted by Crippen LogP contribution is 2.32. The van der Waals surface area contributed by atoms with Gasteiger partial charge in [-0.2, -0.15) is 4.31 Å². The van der Waals surface area contributed by atoms with Crippen molar-refractivity contribution in [2.24, 2.45) is 0 Å². The summed E-state index contributed by atoms with van der Waals surface area (Å²) < 4.78 is 34.3. The van der Waals surface area contributed by atoms with E-state index in [1.54, 1.807) is 23.1 Å². The maximum Gasteiger partial charge on any atom is 0.243 e. The minimum Gasteiger partial charge on any atom is -0.494 e. The first-order valence-electron chi connectivity index (χ1n) is 11.5. The van der Waals surface area contributed by atoms with E-state index in [0.29, 0.717) is 12.4 Å². The standard InChI is InChI=1S/C27H30N2O4S/c1-4-33-26-15-14-24(16-20(26)2)34(31,32)28(18-22-10-6-5-7-11-22)19-27(30)29-21(3)17-23-12-8-9-13-25(23)29/h5-16,21H,4,17-19H2,1-3H3. The van der Waals surface area contributed by atoms with Gasteiger partial charge >= 0.3 is 0 Å². The molecule has 6 nitrogen and oxygen atoms in total. The number of carbonyl (C=O) groups is 1. The Labute approximate surface area is 201 Å². The first-order valence-corrected chi connectivity index (χ1v) is 12.9. The van der Waals surface area contributed by atoms with Crippen LogP contribution in [0.3, 0.4) is 0 Å². The van der Waals surface area contributed by atoms with E-state index in [0.717, 1.165) is 28.8 Å². The van der Waals surface area contributed by atoms with Gasteiger partial charge in [-0.1, -0.05) is 48.5 Å². The van der Waals surface area contributed by atoms with Crippen LogP contribution in [-0.2, 0) is 27.8 Å². The highest BCUT2D eigenvalue weighted by Gasteiger charge is 2.34. The lowest BCUT2D eigenvalue weighted by Gasteiger charge is -2.28. The van der Waals surface area contributed by atoms with E-state index in [1.165, 1.54) is 4.31 Å². The number of rotatable bonds is 8. The Morgan fingerprint density at radius 1 is 1.06 bits per heavy atom. The zero-order valence-electron chi connectivity index (χ0n) is 19.8. The Hall–Kier alpha value is -3.16. The Bertz CT molecular complexity index is 1270. The number of benzene rings is 3. The smallest absolute Gasteiger partial charge is 0.243 e. The number of para-hydroxylation sites is 1. The van der Waals surface area contributed by atoms with Crippen LogP contribution in [0.1, 0.15) is 30.5 Å². The van der Waals surface area contributed by atoms with Gasteiger partial charge in [-0.05, 0) is 68.1 Å². The third kappa shape index (κ3) is 4.86. The molecule has 34 heavy (non-hydrogen) atoms. The molecule has 0 N–H and O–H groups in total. The summed E-state index contributed by atoms with van der Waals surface area (Å²) in [6.45, 7) is 6.04. The van der Waals surface area contributed by atoms with Gasteiger partial charge in [0, 0.05) is 18.3 Å². The molecular formula is C27H30N2O4S. The average Bonchev–Trinajstić information content (AvgIpc) is 3.16. The van der Waals surface area contributed by atoms with Gasteiger partial charge in [-0.25, -0.2) is 8.42 Å². The predicted octanol–water partition coefficient (Wildman–Crippen LogP) is 4.56. The van der Waals surface area contributed by atoms with Gasteiger partial charge < -0.3 is 9.64 Å². The van der Waals surface area contributed by atoms with Crippen molar-refractivity contribution in [2.75, 3.05) is 18.1 Å². The van der Waals surface area contributed by atoms with Crippen molar-refractivity contribution in [3.8, 4) is 5.75 Å². The van der Waals surface area contributed by atoms with E-state index < -0.39 is 10.0 Å². The number of carbonyl (C=O) groups excluding carboxylic acids is 1. The molecule has 0 aliphatic carbocycles. The van der Waals surface area contributed by atoms with Crippen LogP contribution in [0.5, 0.6) is 5.75 Å². The highest BCUT2D eigenvalue weighted by atomic mass is 32.2. The number of ether oxygens (including phenoxy) is 1. The lowest BCUT2D eigenvalue weighted by Crippen LogP contribution is -2.44. The fraction of sp³-hybridized carbons (Fsp3) is 0.296. The topological polar surface area (TPSA) is 66.9 Å². The molecule has 1 amide bonds. The van der Waals surface area contributed by atoms with Gasteiger partial charge in [-0.15, -0.1) is 0 Å². The average molecular weight is 479 g/mol. The molecule has 1 atom stereocenters. The molecule has 7 heteroatoms. The predicted molar refractivity (Wildman–Crippen MR) is 133 cm³/mol. The van der Waals surface area contributed by atoms with Crippen molar-refractivity contribution in [3.63, 3.8) is 0 Å². The number of aryl methyl sites for hydroxylation is 1. The fourth-order valence-corrected chi connectivity index (χ4v) is 5.90. The SMILES string of the molecule is CCOc1ccc(S(=O)(=O)N(CC(=O)N2c3ccccc3CC2C)Cc2ccccc2)cc1C. The van der Waals surface area contributed by atoms with Gasteiger partial charge in [0.05, 0.1) is 18.0 Å². The monoisotopic (exact) mass is 478 g/mol. The molecule has 178 valence electrons. The minimum atomic E-state index is -3.94. The second-order valence-electron chi connectivity index (χ2n) is 8.56. The molecule has 0 radical (unpaired) electrons. The van der Waals surface area contributed by atoms with Crippen molar-refractivity contribution < 1.29 is 17.9 Å². The summed E-state index contributed by atoms with van der Waals surface area (Å²) >= 11 is 0. The number of hydrogen-bond acceptors (Lipinski definition) is 4. The molecule has 0 saturated heterocycles. The zero-order chi connectivity index (χ0) is 24.3. The van der Waals surface area contributed by atoms with Crippen LogP contribution in [0, 0.1) is 6.92 Å². The molecule has 1 aliphatic rings. The number of fused-ring (bicyclic) bond motifs is 1. The second-order valence-corrected chi connectivity index (χ2v) is 10.5. The summed E-state index contributed by atoms with van der Waals surface area (Å²) in [5.74, 6) is 0.411. The van der Waals surface area contributed by atoms with Crippen LogP contribution in [0.4, 0.5) is 5.69 Å². The van der Waals surface area contributed by atoms with Crippen LogP contribution in [0.15, 0.2) is 77.7 Å². The van der Waals surface area contributed by atoms with Crippen molar-refractivity contribution in [1.82, 2.24) is 4.31 Å². The summed E-state index contributed by atoms with van der Waals surface area (Å²) in [6, 6.07) is 21.9. The van der Waals surface area contributed by atoms with Crippen molar-refractivity contribution >= 4 is 21.6 Å². The van der Waals surface area contributed by atoms with Crippen LogP contribution in [0.2, 0.25) is 0 Å². The molecule has 0 fully saturated rings. The summed E-state index contributed by atoms with van der Waals surface area (Å²) in [5.41, 5.74) is 3.50. The third-order valence-corrected chi connectivity index (χ3v) is 7.86. The summed E-state index contributed by atoms with van der Waals surface area (Å²) in [7, 11) is -3.94. The molecule has 4 rings (SSSR count). The van der Waals surface area contributed by atoms with E-state index in [9.17, 15) is 13.2 Å². The number of anilines is 1. The van der Waals surface area contributed by atoms with Crippen molar-refractivity contribution in [2.45, 2.75) is 44.7 Å². The maximum atomic E-state index is 13.7. The lowest BCUT2D eigenvalue weighted by atomic mass is 10.1. The Kier molecular flexibility index (Phi) is 7.05. The summed E-state index contributed by atoms with van der Waals surface area (Å²) in [4.78, 5) is 15.4. The van der Waals surface area contributed by atoms with E-state index in [2.05, 4.69) is 0 Å². The molecule has 0 saturated carbocycles. The van der Waals surface area contributed by atoms with E-state index >= 15 is 0 Å². The Balaban J connectivity index is 1.67. The van der Waals surface area contributed by atoms with Crippen LogP contribution in [-0.4, -0.2) is 37.8 Å². The molecule has 1 aliphatic heterocycles. The van der Waals surface area contributed by atoms with Gasteiger partial charge in [0.2, 0.25) is 15.9 Å². The lowest BCUT2D eigenvalue weighted by molar-refractivity contribution is -0.119. The Morgan fingerprint density at radius 2 is 1.76 bits per heavy atom. The quantitative estimate of drug-likeness (QED) is 0.476. The second kappa shape index (κ2) is 9.99. The third-order valence-electron chi connectivity index (χ3n) is 6.07.